The van der Waals surface area contributed by atoms with Crippen LogP contribution < -0.4 is 5.32 Å². The van der Waals surface area contributed by atoms with Gasteiger partial charge < -0.3 is 19.1 Å². The summed E-state index contributed by atoms with van der Waals surface area (Å²) in [7, 11) is 0. The zero-order valence-electron chi connectivity index (χ0n) is 13.9. The molecule has 0 spiro atoms. The molecule has 26 heavy (non-hydrogen) atoms. The van der Waals surface area contributed by atoms with Crippen molar-refractivity contribution >= 4 is 34.4 Å². The predicted molar refractivity (Wildman–Crippen MR) is 96.3 cm³/mol. The minimum atomic E-state index is -0.253. The van der Waals surface area contributed by atoms with E-state index in [1.54, 1.807) is 35.2 Å². The molecule has 134 valence electrons. The molecule has 1 N–H and O–H groups in total. The summed E-state index contributed by atoms with van der Waals surface area (Å²) in [5.41, 5.74) is 1.17. The number of carbonyl (C=O) groups excluding carboxylic acids is 2. The summed E-state index contributed by atoms with van der Waals surface area (Å²) in [5, 5.41) is 4.37. The van der Waals surface area contributed by atoms with Gasteiger partial charge in [-0.2, -0.15) is 0 Å². The van der Waals surface area contributed by atoms with E-state index in [1.807, 2.05) is 0 Å². The van der Waals surface area contributed by atoms with Gasteiger partial charge in [0.2, 0.25) is 0 Å². The van der Waals surface area contributed by atoms with E-state index in [-0.39, 0.29) is 23.6 Å². The molecule has 4 rings (SSSR count). The summed E-state index contributed by atoms with van der Waals surface area (Å²) in [5.74, 6) is -0.0335. The average Bonchev–Trinajstić information content (AvgIpc) is 3.31. The number of halogens is 1. The van der Waals surface area contributed by atoms with Gasteiger partial charge >= 0.3 is 0 Å². The Morgan fingerprint density at radius 3 is 2.69 bits per heavy atom. The summed E-state index contributed by atoms with van der Waals surface area (Å²) < 4.78 is 10.5. The largest absolute Gasteiger partial charge is 0.472 e. The zero-order chi connectivity index (χ0) is 18.1. The van der Waals surface area contributed by atoms with Crippen molar-refractivity contribution in [2.75, 3.05) is 13.1 Å². The second-order valence-corrected chi connectivity index (χ2v) is 6.78. The third kappa shape index (κ3) is 3.32. The van der Waals surface area contributed by atoms with Gasteiger partial charge in [0, 0.05) is 29.5 Å². The zero-order valence-corrected chi connectivity index (χ0v) is 14.7. The molecule has 7 heteroatoms. The molecule has 0 saturated carbocycles. The van der Waals surface area contributed by atoms with Crippen LogP contribution in [0.3, 0.4) is 0 Å². The molecule has 3 aromatic rings. The smallest absolute Gasteiger partial charge is 0.287 e. The lowest BCUT2D eigenvalue weighted by molar-refractivity contribution is 0.0695. The van der Waals surface area contributed by atoms with Gasteiger partial charge in [-0.3, -0.25) is 9.59 Å². The highest BCUT2D eigenvalue weighted by molar-refractivity contribution is 6.31. The summed E-state index contributed by atoms with van der Waals surface area (Å²) in [6.07, 6.45) is 4.33. The van der Waals surface area contributed by atoms with E-state index in [1.165, 1.54) is 12.5 Å². The maximum atomic E-state index is 12.4. The molecular weight excluding hydrogens is 356 g/mol. The minimum Gasteiger partial charge on any atom is -0.472 e. The van der Waals surface area contributed by atoms with Crippen molar-refractivity contribution in [3.05, 3.63) is 59.2 Å². The molecule has 2 aromatic heterocycles. The Morgan fingerprint density at radius 1 is 1.15 bits per heavy atom. The third-order valence-corrected chi connectivity index (χ3v) is 4.82. The number of likely N-dealkylation sites (tertiary alicyclic amines) is 1. The van der Waals surface area contributed by atoms with Gasteiger partial charge in [-0.1, -0.05) is 11.6 Å². The Kier molecular flexibility index (Phi) is 4.42. The number of amides is 2. The van der Waals surface area contributed by atoms with Crippen molar-refractivity contribution in [1.29, 1.82) is 0 Å². The van der Waals surface area contributed by atoms with E-state index in [4.69, 9.17) is 20.4 Å². The average molecular weight is 373 g/mol. The van der Waals surface area contributed by atoms with Crippen molar-refractivity contribution in [2.45, 2.75) is 18.9 Å². The van der Waals surface area contributed by atoms with Crippen LogP contribution >= 0.6 is 11.6 Å². The number of fused-ring (bicyclic) bond motifs is 1. The van der Waals surface area contributed by atoms with Crippen molar-refractivity contribution < 1.29 is 18.4 Å². The van der Waals surface area contributed by atoms with Crippen LogP contribution in [0.4, 0.5) is 0 Å². The van der Waals surface area contributed by atoms with Crippen LogP contribution in [0.1, 0.15) is 33.8 Å². The first-order valence-corrected chi connectivity index (χ1v) is 8.79. The highest BCUT2D eigenvalue weighted by atomic mass is 35.5. The van der Waals surface area contributed by atoms with Gasteiger partial charge in [-0.25, -0.2) is 0 Å². The molecular formula is C19H17ClN2O4. The summed E-state index contributed by atoms with van der Waals surface area (Å²) in [6.45, 7) is 1.18. The maximum absolute atomic E-state index is 12.4. The highest BCUT2D eigenvalue weighted by Gasteiger charge is 2.26. The van der Waals surface area contributed by atoms with E-state index >= 15 is 0 Å². The normalized spacial score (nSPS) is 15.3. The highest BCUT2D eigenvalue weighted by Crippen LogP contribution is 2.23. The Balaban J connectivity index is 1.36. The first-order valence-electron chi connectivity index (χ1n) is 8.41. The minimum absolute atomic E-state index is 0.00713. The number of rotatable bonds is 3. The molecule has 0 unspecified atom stereocenters. The van der Waals surface area contributed by atoms with Gasteiger partial charge in [0.15, 0.2) is 5.76 Å². The number of furan rings is 2. The molecule has 1 aromatic carbocycles. The Bertz CT molecular complexity index is 940. The number of nitrogens with zero attached hydrogens (tertiary/aromatic N) is 1. The molecule has 0 atom stereocenters. The monoisotopic (exact) mass is 372 g/mol. The first-order chi connectivity index (χ1) is 12.6. The fourth-order valence-electron chi connectivity index (χ4n) is 3.18. The third-order valence-electron chi connectivity index (χ3n) is 4.59. The summed E-state index contributed by atoms with van der Waals surface area (Å²) in [6, 6.07) is 8.58. The second kappa shape index (κ2) is 6.88. The number of piperidine rings is 1. The molecule has 6 nitrogen and oxygen atoms in total. The fourth-order valence-corrected chi connectivity index (χ4v) is 3.36. The van der Waals surface area contributed by atoms with E-state index in [2.05, 4.69) is 5.32 Å². The van der Waals surface area contributed by atoms with Crippen LogP contribution in [0.25, 0.3) is 11.0 Å². The van der Waals surface area contributed by atoms with Gasteiger partial charge in [-0.15, -0.1) is 0 Å². The van der Waals surface area contributed by atoms with Gasteiger partial charge in [0.25, 0.3) is 11.8 Å². The number of nitrogens with one attached hydrogen (secondary N) is 1. The van der Waals surface area contributed by atoms with E-state index < -0.39 is 0 Å². The molecule has 2 amide bonds. The van der Waals surface area contributed by atoms with Crippen molar-refractivity contribution in [3.8, 4) is 0 Å². The van der Waals surface area contributed by atoms with Gasteiger partial charge in [-0.05, 0) is 43.2 Å². The molecule has 3 heterocycles. The van der Waals surface area contributed by atoms with E-state index in [0.717, 1.165) is 5.39 Å². The van der Waals surface area contributed by atoms with Crippen LogP contribution in [-0.4, -0.2) is 35.8 Å². The van der Waals surface area contributed by atoms with Crippen LogP contribution in [0, 0.1) is 0 Å². The topological polar surface area (TPSA) is 75.7 Å². The lowest BCUT2D eigenvalue weighted by Gasteiger charge is -2.32. The van der Waals surface area contributed by atoms with Crippen LogP contribution in [0.15, 0.2) is 51.7 Å². The second-order valence-electron chi connectivity index (χ2n) is 6.34. The lowest BCUT2D eigenvalue weighted by Crippen LogP contribution is -2.46. The van der Waals surface area contributed by atoms with Crippen molar-refractivity contribution in [1.82, 2.24) is 10.2 Å². The molecule has 1 aliphatic rings. The summed E-state index contributed by atoms with van der Waals surface area (Å²) >= 11 is 5.96. The quantitative estimate of drug-likeness (QED) is 0.760. The first kappa shape index (κ1) is 16.7. The van der Waals surface area contributed by atoms with E-state index in [9.17, 15) is 9.59 Å². The number of carbonyl (C=O) groups is 2. The van der Waals surface area contributed by atoms with Crippen molar-refractivity contribution in [2.24, 2.45) is 0 Å². The van der Waals surface area contributed by atoms with Crippen LogP contribution in [0.5, 0.6) is 0 Å². The molecule has 1 saturated heterocycles. The Hall–Kier alpha value is -2.73. The SMILES string of the molecule is O=C(NC1CCN(C(=O)c2ccoc2)CC1)c1cc2cc(Cl)ccc2o1. The molecule has 0 radical (unpaired) electrons. The number of hydrogen-bond acceptors (Lipinski definition) is 4. The maximum Gasteiger partial charge on any atom is 0.287 e. The standard InChI is InChI=1S/C19H17ClN2O4/c20-14-1-2-16-13(9-14)10-17(26-16)18(23)21-15-3-6-22(7-4-15)19(24)12-5-8-25-11-12/h1-2,5,8-11,15H,3-4,6-7H2,(H,21,23). The summed E-state index contributed by atoms with van der Waals surface area (Å²) in [4.78, 5) is 26.5. The fraction of sp³-hybridized carbons (Fsp3) is 0.263. The van der Waals surface area contributed by atoms with Crippen LogP contribution in [0.2, 0.25) is 5.02 Å². The lowest BCUT2D eigenvalue weighted by atomic mass is 10.0. The Morgan fingerprint density at radius 2 is 1.96 bits per heavy atom. The van der Waals surface area contributed by atoms with E-state index in [0.29, 0.717) is 42.1 Å². The predicted octanol–water partition coefficient (Wildman–Crippen LogP) is 3.71. The molecule has 1 fully saturated rings. The van der Waals surface area contributed by atoms with Crippen LogP contribution in [-0.2, 0) is 0 Å². The molecule has 0 bridgehead atoms. The number of benzene rings is 1. The number of hydrogen-bond donors (Lipinski definition) is 1. The molecule has 0 aliphatic carbocycles. The van der Waals surface area contributed by atoms with Crippen molar-refractivity contribution in [3.63, 3.8) is 0 Å². The van der Waals surface area contributed by atoms with Gasteiger partial charge in [0.1, 0.15) is 11.8 Å². The Labute approximate surface area is 154 Å². The molecule has 1 aliphatic heterocycles. The van der Waals surface area contributed by atoms with Gasteiger partial charge in [0.05, 0.1) is 11.8 Å².